The van der Waals surface area contributed by atoms with Gasteiger partial charge in [-0.15, -0.1) is 0 Å². The zero-order valence-corrected chi connectivity index (χ0v) is 11.1. The van der Waals surface area contributed by atoms with Gasteiger partial charge in [0.15, 0.2) is 0 Å². The first-order valence-electron chi connectivity index (χ1n) is 6.33. The summed E-state index contributed by atoms with van der Waals surface area (Å²) >= 11 is 2.09. The largest absolute Gasteiger partial charge is 0.315 e. The number of thioether (sulfide) groups is 1. The van der Waals surface area contributed by atoms with Crippen LogP contribution in [0, 0.1) is 5.92 Å². The Morgan fingerprint density at radius 1 is 1.33 bits per heavy atom. The molecular weight excluding hydrogens is 204 g/mol. The van der Waals surface area contributed by atoms with E-state index in [0.717, 1.165) is 5.92 Å². The van der Waals surface area contributed by atoms with E-state index in [0.29, 0.717) is 0 Å². The summed E-state index contributed by atoms with van der Waals surface area (Å²) in [5.41, 5.74) is 0. The SMILES string of the molecule is CCCC(C)CNCCN1CCSCC1. The molecule has 90 valence electrons. The number of nitrogens with zero attached hydrogens (tertiary/aromatic N) is 1. The van der Waals surface area contributed by atoms with Gasteiger partial charge in [0.05, 0.1) is 0 Å². The number of rotatable bonds is 7. The fourth-order valence-corrected chi connectivity index (χ4v) is 2.98. The summed E-state index contributed by atoms with van der Waals surface area (Å²) in [7, 11) is 0. The molecule has 0 aromatic rings. The smallest absolute Gasteiger partial charge is 0.0107 e. The topological polar surface area (TPSA) is 15.3 Å². The molecule has 0 aromatic heterocycles. The molecule has 0 spiro atoms. The van der Waals surface area contributed by atoms with Gasteiger partial charge in [-0.3, -0.25) is 0 Å². The maximum absolute atomic E-state index is 3.57. The lowest BCUT2D eigenvalue weighted by Gasteiger charge is -2.26. The fourth-order valence-electron chi connectivity index (χ4n) is 2.01. The van der Waals surface area contributed by atoms with Crippen LogP contribution in [0.3, 0.4) is 0 Å². The van der Waals surface area contributed by atoms with Crippen LogP contribution < -0.4 is 5.32 Å². The molecule has 0 saturated carbocycles. The molecule has 0 bridgehead atoms. The fraction of sp³-hybridized carbons (Fsp3) is 1.00. The van der Waals surface area contributed by atoms with Gasteiger partial charge in [0, 0.05) is 37.7 Å². The van der Waals surface area contributed by atoms with Gasteiger partial charge in [0.2, 0.25) is 0 Å². The highest BCUT2D eigenvalue weighted by Crippen LogP contribution is 2.08. The van der Waals surface area contributed by atoms with E-state index in [4.69, 9.17) is 0 Å². The first kappa shape index (κ1) is 13.3. The van der Waals surface area contributed by atoms with E-state index in [1.165, 1.54) is 57.1 Å². The van der Waals surface area contributed by atoms with Crippen LogP contribution in [0.2, 0.25) is 0 Å². The van der Waals surface area contributed by atoms with Crippen LogP contribution in [-0.2, 0) is 0 Å². The summed E-state index contributed by atoms with van der Waals surface area (Å²) in [4.78, 5) is 2.58. The molecule has 1 aliphatic rings. The Morgan fingerprint density at radius 2 is 2.07 bits per heavy atom. The molecule has 1 fully saturated rings. The van der Waals surface area contributed by atoms with Gasteiger partial charge in [-0.25, -0.2) is 0 Å². The molecule has 1 saturated heterocycles. The molecular formula is C12H26N2S. The zero-order valence-electron chi connectivity index (χ0n) is 10.3. The van der Waals surface area contributed by atoms with Crippen molar-refractivity contribution in [2.75, 3.05) is 44.2 Å². The van der Waals surface area contributed by atoms with Crippen molar-refractivity contribution in [2.45, 2.75) is 26.7 Å². The molecule has 0 aromatic carbocycles. The Morgan fingerprint density at radius 3 is 2.73 bits per heavy atom. The Balaban J connectivity index is 1.91. The molecule has 0 aliphatic carbocycles. The van der Waals surface area contributed by atoms with Crippen molar-refractivity contribution in [1.29, 1.82) is 0 Å². The van der Waals surface area contributed by atoms with Crippen molar-refractivity contribution < 1.29 is 0 Å². The van der Waals surface area contributed by atoms with E-state index >= 15 is 0 Å². The van der Waals surface area contributed by atoms with Crippen LogP contribution in [0.5, 0.6) is 0 Å². The third-order valence-electron chi connectivity index (χ3n) is 2.98. The minimum Gasteiger partial charge on any atom is -0.315 e. The van der Waals surface area contributed by atoms with Gasteiger partial charge in [-0.1, -0.05) is 20.3 Å². The molecule has 3 heteroatoms. The van der Waals surface area contributed by atoms with Crippen molar-refractivity contribution in [3.8, 4) is 0 Å². The van der Waals surface area contributed by atoms with Crippen molar-refractivity contribution in [2.24, 2.45) is 5.92 Å². The molecule has 1 rings (SSSR count). The summed E-state index contributed by atoms with van der Waals surface area (Å²) < 4.78 is 0. The first-order chi connectivity index (χ1) is 7.33. The third kappa shape index (κ3) is 6.44. The second-order valence-electron chi connectivity index (χ2n) is 4.55. The third-order valence-corrected chi connectivity index (χ3v) is 3.93. The van der Waals surface area contributed by atoms with Crippen molar-refractivity contribution in [1.82, 2.24) is 10.2 Å². The summed E-state index contributed by atoms with van der Waals surface area (Å²) in [6, 6.07) is 0. The summed E-state index contributed by atoms with van der Waals surface area (Å²) in [6.07, 6.45) is 2.67. The first-order valence-corrected chi connectivity index (χ1v) is 7.49. The Bertz CT molecular complexity index is 147. The van der Waals surface area contributed by atoms with Crippen LogP contribution in [0.1, 0.15) is 26.7 Å². The molecule has 1 N–H and O–H groups in total. The van der Waals surface area contributed by atoms with Crippen LogP contribution in [-0.4, -0.2) is 49.1 Å². The zero-order chi connectivity index (χ0) is 10.9. The maximum Gasteiger partial charge on any atom is 0.0107 e. The van der Waals surface area contributed by atoms with Gasteiger partial charge >= 0.3 is 0 Å². The Kier molecular flexibility index (Phi) is 7.49. The van der Waals surface area contributed by atoms with Crippen molar-refractivity contribution >= 4 is 11.8 Å². The van der Waals surface area contributed by atoms with E-state index < -0.39 is 0 Å². The van der Waals surface area contributed by atoms with E-state index in [1.807, 2.05) is 0 Å². The van der Waals surface area contributed by atoms with Crippen molar-refractivity contribution in [3.63, 3.8) is 0 Å². The molecule has 0 amide bonds. The predicted octanol–water partition coefficient (Wildman–Crippen LogP) is 2.06. The molecule has 1 atom stereocenters. The standard InChI is InChI=1S/C12H26N2S/c1-3-4-12(2)11-13-5-6-14-7-9-15-10-8-14/h12-13H,3-11H2,1-2H3. The van der Waals surface area contributed by atoms with Gasteiger partial charge in [-0.2, -0.15) is 11.8 Å². The van der Waals surface area contributed by atoms with Crippen LogP contribution in [0.4, 0.5) is 0 Å². The van der Waals surface area contributed by atoms with Crippen LogP contribution in [0.25, 0.3) is 0 Å². The number of hydrogen-bond donors (Lipinski definition) is 1. The molecule has 1 aliphatic heterocycles. The highest BCUT2D eigenvalue weighted by molar-refractivity contribution is 7.99. The minimum absolute atomic E-state index is 0.840. The Labute approximate surface area is 99.2 Å². The highest BCUT2D eigenvalue weighted by atomic mass is 32.2. The van der Waals surface area contributed by atoms with E-state index in [2.05, 4.69) is 35.8 Å². The summed E-state index contributed by atoms with van der Waals surface area (Å²) in [5, 5.41) is 3.57. The van der Waals surface area contributed by atoms with E-state index in [1.54, 1.807) is 0 Å². The van der Waals surface area contributed by atoms with Gasteiger partial charge in [-0.05, 0) is 18.9 Å². The number of nitrogens with one attached hydrogen (secondary N) is 1. The van der Waals surface area contributed by atoms with Gasteiger partial charge < -0.3 is 10.2 Å². The molecule has 2 nitrogen and oxygen atoms in total. The second kappa shape index (κ2) is 8.43. The van der Waals surface area contributed by atoms with Crippen LogP contribution >= 0.6 is 11.8 Å². The summed E-state index contributed by atoms with van der Waals surface area (Å²) in [5.74, 6) is 3.49. The monoisotopic (exact) mass is 230 g/mol. The lowest BCUT2D eigenvalue weighted by molar-refractivity contribution is 0.297. The lowest BCUT2D eigenvalue weighted by Crippen LogP contribution is -2.38. The second-order valence-corrected chi connectivity index (χ2v) is 5.78. The van der Waals surface area contributed by atoms with E-state index in [-0.39, 0.29) is 0 Å². The molecule has 1 unspecified atom stereocenters. The average Bonchev–Trinajstić information content (AvgIpc) is 2.26. The highest BCUT2D eigenvalue weighted by Gasteiger charge is 2.09. The quantitative estimate of drug-likeness (QED) is 0.674. The van der Waals surface area contributed by atoms with Gasteiger partial charge in [0.1, 0.15) is 0 Å². The average molecular weight is 230 g/mol. The summed E-state index contributed by atoms with van der Waals surface area (Å²) in [6.45, 7) is 10.8. The van der Waals surface area contributed by atoms with E-state index in [9.17, 15) is 0 Å². The van der Waals surface area contributed by atoms with Crippen LogP contribution in [0.15, 0.2) is 0 Å². The minimum atomic E-state index is 0.840. The Hall–Kier alpha value is 0.270. The lowest BCUT2D eigenvalue weighted by atomic mass is 10.1. The molecule has 1 heterocycles. The normalized spacial score (nSPS) is 20.4. The number of hydrogen-bond acceptors (Lipinski definition) is 3. The van der Waals surface area contributed by atoms with Gasteiger partial charge in [0.25, 0.3) is 0 Å². The van der Waals surface area contributed by atoms with Crippen molar-refractivity contribution in [3.05, 3.63) is 0 Å². The maximum atomic E-state index is 3.57. The predicted molar refractivity (Wildman–Crippen MR) is 70.7 cm³/mol. The molecule has 15 heavy (non-hydrogen) atoms. The molecule has 0 radical (unpaired) electrons.